The van der Waals surface area contributed by atoms with Gasteiger partial charge in [-0.3, -0.25) is 0 Å². The van der Waals surface area contributed by atoms with Crippen LogP contribution in [0.1, 0.15) is 36.5 Å². The molecule has 1 aliphatic rings. The van der Waals surface area contributed by atoms with Crippen molar-refractivity contribution in [1.29, 1.82) is 0 Å². The Morgan fingerprint density at radius 2 is 1.67 bits per heavy atom. The molecule has 0 saturated heterocycles. The fraction of sp³-hybridized carbons (Fsp3) is 0.333. The molecule has 3 rings (SSSR count). The van der Waals surface area contributed by atoms with E-state index in [1.807, 2.05) is 36.4 Å². The maximum absolute atomic E-state index is 10.7. The summed E-state index contributed by atoms with van der Waals surface area (Å²) in [4.78, 5) is 0. The van der Waals surface area contributed by atoms with E-state index in [2.05, 4.69) is 19.1 Å². The minimum absolute atomic E-state index is 0.0776. The van der Waals surface area contributed by atoms with Gasteiger partial charge in [-0.05, 0) is 29.7 Å². The predicted molar refractivity (Wildman–Crippen MR) is 81.9 cm³/mol. The molecule has 0 radical (unpaired) electrons. The third-order valence-electron chi connectivity index (χ3n) is 3.96. The highest BCUT2D eigenvalue weighted by Gasteiger charge is 2.23. The minimum atomic E-state index is -0.548. The third-order valence-corrected chi connectivity index (χ3v) is 3.96. The summed E-state index contributed by atoms with van der Waals surface area (Å²) in [5.41, 5.74) is 2.03. The van der Waals surface area contributed by atoms with Gasteiger partial charge < -0.3 is 14.6 Å². The van der Waals surface area contributed by atoms with E-state index in [9.17, 15) is 5.11 Å². The summed E-state index contributed by atoms with van der Waals surface area (Å²) in [7, 11) is 0. The Balaban J connectivity index is 1.88. The summed E-state index contributed by atoms with van der Waals surface area (Å²) in [6, 6.07) is 15.8. The number of ether oxygens (including phenoxy) is 2. The van der Waals surface area contributed by atoms with E-state index >= 15 is 0 Å². The third kappa shape index (κ3) is 2.88. The lowest BCUT2D eigenvalue weighted by atomic mass is 9.87. The second kappa shape index (κ2) is 6.19. The van der Waals surface area contributed by atoms with Gasteiger partial charge in [0.2, 0.25) is 0 Å². The minimum Gasteiger partial charge on any atom is -0.486 e. The van der Waals surface area contributed by atoms with Crippen molar-refractivity contribution in [2.45, 2.75) is 25.4 Å². The average molecular weight is 284 g/mol. The molecule has 3 nitrogen and oxygen atoms in total. The summed E-state index contributed by atoms with van der Waals surface area (Å²) >= 11 is 0. The molecule has 1 aliphatic heterocycles. The smallest absolute Gasteiger partial charge is 0.161 e. The Kier molecular flexibility index (Phi) is 4.11. The standard InChI is InChI=1S/C18H20O3/c1-2-15(13-6-4-3-5-7-13)18(19)14-8-9-16-17(12-14)21-11-10-20-16/h3-9,12,15,18-19H,2,10-11H2,1H3. The highest BCUT2D eigenvalue weighted by Crippen LogP contribution is 2.38. The van der Waals surface area contributed by atoms with Crippen molar-refractivity contribution < 1.29 is 14.6 Å². The van der Waals surface area contributed by atoms with Gasteiger partial charge >= 0.3 is 0 Å². The van der Waals surface area contributed by atoms with Crippen molar-refractivity contribution in [1.82, 2.24) is 0 Å². The van der Waals surface area contributed by atoms with Crippen LogP contribution in [0, 0.1) is 0 Å². The largest absolute Gasteiger partial charge is 0.486 e. The lowest BCUT2D eigenvalue weighted by Crippen LogP contribution is -2.16. The molecule has 0 fully saturated rings. The van der Waals surface area contributed by atoms with Gasteiger partial charge in [0, 0.05) is 5.92 Å². The first-order chi connectivity index (χ1) is 10.3. The molecule has 110 valence electrons. The van der Waals surface area contributed by atoms with E-state index in [4.69, 9.17) is 9.47 Å². The van der Waals surface area contributed by atoms with E-state index in [1.165, 1.54) is 0 Å². The van der Waals surface area contributed by atoms with E-state index in [0.717, 1.165) is 29.0 Å². The molecular formula is C18H20O3. The highest BCUT2D eigenvalue weighted by atomic mass is 16.6. The van der Waals surface area contributed by atoms with Crippen LogP contribution in [0.2, 0.25) is 0 Å². The van der Waals surface area contributed by atoms with Gasteiger partial charge in [-0.25, -0.2) is 0 Å². The summed E-state index contributed by atoms with van der Waals surface area (Å²) in [5.74, 6) is 1.56. The number of rotatable bonds is 4. The Bertz CT molecular complexity index is 595. The highest BCUT2D eigenvalue weighted by molar-refractivity contribution is 5.45. The predicted octanol–water partition coefficient (Wildman–Crippen LogP) is 3.69. The van der Waals surface area contributed by atoms with Crippen LogP contribution in [0.4, 0.5) is 0 Å². The first-order valence-corrected chi connectivity index (χ1v) is 7.42. The lowest BCUT2D eigenvalue weighted by molar-refractivity contribution is 0.139. The van der Waals surface area contributed by atoms with Crippen LogP contribution < -0.4 is 9.47 Å². The van der Waals surface area contributed by atoms with Crippen LogP contribution in [-0.2, 0) is 0 Å². The summed E-state index contributed by atoms with van der Waals surface area (Å²) in [6.07, 6.45) is 0.327. The Labute approximate surface area is 125 Å². The van der Waals surface area contributed by atoms with Crippen molar-refractivity contribution in [2.75, 3.05) is 13.2 Å². The number of fused-ring (bicyclic) bond motifs is 1. The quantitative estimate of drug-likeness (QED) is 0.930. The molecule has 0 spiro atoms. The van der Waals surface area contributed by atoms with E-state index in [0.29, 0.717) is 13.2 Å². The van der Waals surface area contributed by atoms with E-state index in [-0.39, 0.29) is 5.92 Å². The fourth-order valence-electron chi connectivity index (χ4n) is 2.82. The van der Waals surface area contributed by atoms with Crippen molar-refractivity contribution in [2.24, 2.45) is 0 Å². The van der Waals surface area contributed by atoms with Crippen LogP contribution in [0.15, 0.2) is 48.5 Å². The van der Waals surface area contributed by atoms with Crippen LogP contribution in [-0.4, -0.2) is 18.3 Å². The van der Waals surface area contributed by atoms with Crippen molar-refractivity contribution in [3.63, 3.8) is 0 Å². The van der Waals surface area contributed by atoms with Crippen molar-refractivity contribution >= 4 is 0 Å². The maximum Gasteiger partial charge on any atom is 0.161 e. The normalized spacial score (nSPS) is 16.3. The van der Waals surface area contributed by atoms with Gasteiger partial charge in [-0.1, -0.05) is 43.3 Å². The van der Waals surface area contributed by atoms with Crippen LogP contribution in [0.5, 0.6) is 11.5 Å². The monoisotopic (exact) mass is 284 g/mol. The molecule has 1 N–H and O–H groups in total. The number of aliphatic hydroxyl groups is 1. The average Bonchev–Trinajstić information content (AvgIpc) is 2.56. The number of aliphatic hydroxyl groups excluding tert-OH is 1. The van der Waals surface area contributed by atoms with Gasteiger partial charge in [-0.2, -0.15) is 0 Å². The Hall–Kier alpha value is -2.00. The molecule has 0 amide bonds. The van der Waals surface area contributed by atoms with Crippen molar-refractivity contribution in [3.05, 3.63) is 59.7 Å². The van der Waals surface area contributed by atoms with Crippen molar-refractivity contribution in [3.8, 4) is 11.5 Å². The second-order valence-electron chi connectivity index (χ2n) is 5.27. The summed E-state index contributed by atoms with van der Waals surface area (Å²) in [6.45, 7) is 3.23. The topological polar surface area (TPSA) is 38.7 Å². The molecular weight excluding hydrogens is 264 g/mol. The SMILES string of the molecule is CCC(c1ccccc1)C(O)c1ccc2c(c1)OCCO2. The zero-order valence-corrected chi connectivity index (χ0v) is 12.2. The molecule has 2 unspecified atom stereocenters. The molecule has 0 aromatic heterocycles. The molecule has 0 saturated carbocycles. The summed E-state index contributed by atoms with van der Waals surface area (Å²) < 4.78 is 11.1. The zero-order chi connectivity index (χ0) is 14.7. The van der Waals surface area contributed by atoms with Gasteiger partial charge in [-0.15, -0.1) is 0 Å². The Morgan fingerprint density at radius 3 is 2.38 bits per heavy atom. The van der Waals surface area contributed by atoms with Gasteiger partial charge in [0.1, 0.15) is 13.2 Å². The molecule has 21 heavy (non-hydrogen) atoms. The molecule has 2 aromatic carbocycles. The second-order valence-corrected chi connectivity index (χ2v) is 5.27. The van der Waals surface area contributed by atoms with E-state index in [1.54, 1.807) is 0 Å². The number of benzene rings is 2. The zero-order valence-electron chi connectivity index (χ0n) is 12.2. The van der Waals surface area contributed by atoms with Gasteiger partial charge in [0.05, 0.1) is 6.10 Å². The molecule has 2 atom stereocenters. The molecule has 1 heterocycles. The first-order valence-electron chi connectivity index (χ1n) is 7.42. The van der Waals surface area contributed by atoms with Gasteiger partial charge in [0.15, 0.2) is 11.5 Å². The molecule has 0 aliphatic carbocycles. The first kappa shape index (κ1) is 14.0. The van der Waals surface area contributed by atoms with E-state index < -0.39 is 6.10 Å². The van der Waals surface area contributed by atoms with Crippen LogP contribution in [0.25, 0.3) is 0 Å². The maximum atomic E-state index is 10.7. The molecule has 2 aromatic rings. The fourth-order valence-corrected chi connectivity index (χ4v) is 2.82. The molecule has 0 bridgehead atoms. The van der Waals surface area contributed by atoms with Crippen LogP contribution in [0.3, 0.4) is 0 Å². The molecule has 3 heteroatoms. The van der Waals surface area contributed by atoms with Gasteiger partial charge in [0.25, 0.3) is 0 Å². The lowest BCUT2D eigenvalue weighted by Gasteiger charge is -2.24. The summed E-state index contributed by atoms with van der Waals surface area (Å²) in [5, 5.41) is 10.7. The Morgan fingerprint density at radius 1 is 0.952 bits per heavy atom. The number of hydrogen-bond donors (Lipinski definition) is 1. The van der Waals surface area contributed by atoms with Crippen LogP contribution >= 0.6 is 0 Å². The number of hydrogen-bond acceptors (Lipinski definition) is 3.